The number of pyridine rings is 1. The van der Waals surface area contributed by atoms with Crippen LogP contribution in [-0.2, 0) is 11.8 Å². The fourth-order valence-corrected chi connectivity index (χ4v) is 2.57. The highest BCUT2D eigenvalue weighted by molar-refractivity contribution is 5.94. The summed E-state index contributed by atoms with van der Waals surface area (Å²) < 4.78 is 1.44. The van der Waals surface area contributed by atoms with E-state index >= 15 is 0 Å². The molecule has 0 aromatic carbocycles. The molecule has 0 saturated carbocycles. The third kappa shape index (κ3) is 3.93. The maximum Gasteiger partial charge on any atom is 0.254 e. The number of aromatic nitrogens is 1. The third-order valence-corrected chi connectivity index (χ3v) is 3.80. The summed E-state index contributed by atoms with van der Waals surface area (Å²) in [5, 5.41) is 2.80. The normalized spacial score (nSPS) is 18.4. The molecule has 1 unspecified atom stereocenters. The molecular formula is C15H21N3O3. The van der Waals surface area contributed by atoms with E-state index < -0.39 is 0 Å². The average Bonchev–Trinajstić information content (AvgIpc) is 2.47. The van der Waals surface area contributed by atoms with Crippen LogP contribution in [0.3, 0.4) is 0 Å². The lowest BCUT2D eigenvalue weighted by atomic mass is 9.97. The number of carbonyl (C=O) groups excluding carboxylic acids is 2. The molecule has 6 nitrogen and oxygen atoms in total. The van der Waals surface area contributed by atoms with Crippen molar-refractivity contribution in [3.05, 3.63) is 34.2 Å². The van der Waals surface area contributed by atoms with Gasteiger partial charge in [0.25, 0.3) is 11.5 Å². The first-order valence-corrected chi connectivity index (χ1v) is 7.18. The molecule has 1 fully saturated rings. The molecule has 1 saturated heterocycles. The van der Waals surface area contributed by atoms with Crippen molar-refractivity contribution < 1.29 is 9.59 Å². The van der Waals surface area contributed by atoms with E-state index in [-0.39, 0.29) is 23.3 Å². The van der Waals surface area contributed by atoms with Crippen LogP contribution in [0.5, 0.6) is 0 Å². The van der Waals surface area contributed by atoms with Gasteiger partial charge >= 0.3 is 0 Å². The van der Waals surface area contributed by atoms with Gasteiger partial charge in [-0.1, -0.05) is 0 Å². The highest BCUT2D eigenvalue weighted by atomic mass is 16.2. The molecule has 0 spiro atoms. The summed E-state index contributed by atoms with van der Waals surface area (Å²) >= 11 is 0. The maximum atomic E-state index is 12.4. The van der Waals surface area contributed by atoms with Gasteiger partial charge < -0.3 is 14.8 Å². The van der Waals surface area contributed by atoms with Crippen molar-refractivity contribution in [1.82, 2.24) is 14.8 Å². The van der Waals surface area contributed by atoms with Gasteiger partial charge in [0.05, 0.1) is 0 Å². The van der Waals surface area contributed by atoms with E-state index in [9.17, 15) is 14.4 Å². The van der Waals surface area contributed by atoms with Crippen LogP contribution in [0.4, 0.5) is 0 Å². The quantitative estimate of drug-likeness (QED) is 0.875. The van der Waals surface area contributed by atoms with Gasteiger partial charge in [0, 0.05) is 51.4 Å². The van der Waals surface area contributed by atoms with Gasteiger partial charge in [-0.15, -0.1) is 0 Å². The number of rotatable bonds is 3. The van der Waals surface area contributed by atoms with Crippen molar-refractivity contribution in [2.75, 3.05) is 19.6 Å². The van der Waals surface area contributed by atoms with Gasteiger partial charge in [0.15, 0.2) is 0 Å². The highest BCUT2D eigenvalue weighted by Gasteiger charge is 2.24. The molecule has 0 aliphatic carbocycles. The zero-order valence-corrected chi connectivity index (χ0v) is 12.5. The summed E-state index contributed by atoms with van der Waals surface area (Å²) in [6.07, 6.45) is 3.52. The van der Waals surface area contributed by atoms with Gasteiger partial charge in [-0.25, -0.2) is 0 Å². The molecule has 0 radical (unpaired) electrons. The first kappa shape index (κ1) is 15.3. The molecule has 114 valence electrons. The van der Waals surface area contributed by atoms with Crippen LogP contribution in [0.2, 0.25) is 0 Å². The maximum absolute atomic E-state index is 12.4. The minimum absolute atomic E-state index is 0.0509. The minimum atomic E-state index is -0.187. The van der Waals surface area contributed by atoms with Crippen molar-refractivity contribution in [3.63, 3.8) is 0 Å². The summed E-state index contributed by atoms with van der Waals surface area (Å²) in [7, 11) is 1.65. The molecule has 21 heavy (non-hydrogen) atoms. The smallest absolute Gasteiger partial charge is 0.254 e. The van der Waals surface area contributed by atoms with Crippen molar-refractivity contribution in [2.45, 2.75) is 19.8 Å². The van der Waals surface area contributed by atoms with Crippen molar-refractivity contribution in [2.24, 2.45) is 13.0 Å². The third-order valence-electron chi connectivity index (χ3n) is 3.80. The molecule has 1 aromatic rings. The van der Waals surface area contributed by atoms with Crippen LogP contribution in [-0.4, -0.2) is 40.9 Å². The van der Waals surface area contributed by atoms with E-state index in [4.69, 9.17) is 0 Å². The number of nitrogens with zero attached hydrogens (tertiary/aromatic N) is 2. The molecule has 1 N–H and O–H groups in total. The molecule has 2 heterocycles. The van der Waals surface area contributed by atoms with Crippen molar-refractivity contribution in [3.8, 4) is 0 Å². The molecule has 1 aromatic heterocycles. The molecule has 6 heteroatoms. The molecule has 0 bridgehead atoms. The molecular weight excluding hydrogens is 270 g/mol. The second-order valence-corrected chi connectivity index (χ2v) is 5.56. The average molecular weight is 291 g/mol. The van der Waals surface area contributed by atoms with Gasteiger partial charge in [0.2, 0.25) is 5.91 Å². The van der Waals surface area contributed by atoms with Crippen molar-refractivity contribution in [1.29, 1.82) is 0 Å². The largest absolute Gasteiger partial charge is 0.356 e. The second-order valence-electron chi connectivity index (χ2n) is 5.56. The number of hydrogen-bond donors (Lipinski definition) is 1. The number of piperidine rings is 1. The van der Waals surface area contributed by atoms with Crippen LogP contribution in [0.15, 0.2) is 23.1 Å². The van der Waals surface area contributed by atoms with E-state index in [1.807, 2.05) is 0 Å². The highest BCUT2D eigenvalue weighted by Crippen LogP contribution is 2.17. The Labute approximate surface area is 123 Å². The molecule has 2 amide bonds. The zero-order chi connectivity index (χ0) is 15.4. The predicted molar refractivity (Wildman–Crippen MR) is 79.0 cm³/mol. The Morgan fingerprint density at radius 1 is 1.43 bits per heavy atom. The molecule has 1 aliphatic rings. The number of carbonyl (C=O) groups is 2. The molecule has 1 atom stereocenters. The Balaban J connectivity index is 2.03. The standard InChI is InChI=1S/C15H21N3O3/c1-11(19)16-9-12-4-3-6-18(10-12)15(21)13-5-7-17(2)14(20)8-13/h5,7-8,12H,3-4,6,9-10H2,1-2H3,(H,16,19). The lowest BCUT2D eigenvalue weighted by Gasteiger charge is -2.32. The Morgan fingerprint density at radius 3 is 2.86 bits per heavy atom. The van der Waals surface area contributed by atoms with Crippen LogP contribution in [0.25, 0.3) is 0 Å². The van der Waals surface area contributed by atoms with Gasteiger partial charge in [0.1, 0.15) is 0 Å². The van der Waals surface area contributed by atoms with E-state index in [1.54, 1.807) is 24.2 Å². The van der Waals surface area contributed by atoms with Crippen LogP contribution in [0, 0.1) is 5.92 Å². The molecule has 2 rings (SSSR count). The Bertz CT molecular complexity index is 594. The van der Waals surface area contributed by atoms with Crippen LogP contribution in [0.1, 0.15) is 30.1 Å². The Kier molecular flexibility index (Phi) is 4.77. The lowest BCUT2D eigenvalue weighted by Crippen LogP contribution is -2.43. The van der Waals surface area contributed by atoms with Gasteiger partial charge in [-0.3, -0.25) is 14.4 Å². The SMILES string of the molecule is CC(=O)NCC1CCCN(C(=O)c2ccn(C)c(=O)c2)C1. The van der Waals surface area contributed by atoms with Crippen LogP contribution >= 0.6 is 0 Å². The van der Waals surface area contributed by atoms with Crippen molar-refractivity contribution >= 4 is 11.8 Å². The summed E-state index contributed by atoms with van der Waals surface area (Å²) in [6, 6.07) is 3.04. The zero-order valence-electron chi connectivity index (χ0n) is 12.5. The fourth-order valence-electron chi connectivity index (χ4n) is 2.57. The second kappa shape index (κ2) is 6.56. The molecule has 1 aliphatic heterocycles. The number of nitrogens with one attached hydrogen (secondary N) is 1. The first-order chi connectivity index (χ1) is 9.97. The van der Waals surface area contributed by atoms with E-state index in [0.29, 0.717) is 25.2 Å². The van der Waals surface area contributed by atoms with E-state index in [0.717, 1.165) is 12.8 Å². The number of hydrogen-bond acceptors (Lipinski definition) is 3. The minimum Gasteiger partial charge on any atom is -0.356 e. The first-order valence-electron chi connectivity index (χ1n) is 7.18. The topological polar surface area (TPSA) is 71.4 Å². The number of amides is 2. The predicted octanol–water partition coefficient (Wildman–Crippen LogP) is 0.374. The summed E-state index contributed by atoms with van der Waals surface area (Å²) in [5.41, 5.74) is 0.242. The number of likely N-dealkylation sites (tertiary alicyclic amines) is 1. The lowest BCUT2D eigenvalue weighted by molar-refractivity contribution is -0.119. The Morgan fingerprint density at radius 2 is 2.19 bits per heavy atom. The Hall–Kier alpha value is -2.11. The number of aryl methyl sites for hydroxylation is 1. The van der Waals surface area contributed by atoms with E-state index in [2.05, 4.69) is 5.32 Å². The van der Waals surface area contributed by atoms with Crippen LogP contribution < -0.4 is 10.9 Å². The van der Waals surface area contributed by atoms with Gasteiger partial charge in [-0.2, -0.15) is 0 Å². The summed E-state index contributed by atoms with van der Waals surface area (Å²) in [4.78, 5) is 36.8. The summed E-state index contributed by atoms with van der Waals surface area (Å²) in [5.74, 6) is 0.114. The fraction of sp³-hybridized carbons (Fsp3) is 0.533. The van der Waals surface area contributed by atoms with Gasteiger partial charge in [-0.05, 0) is 24.8 Å². The summed E-state index contributed by atoms with van der Waals surface area (Å²) in [6.45, 7) is 3.40. The monoisotopic (exact) mass is 291 g/mol. The van der Waals surface area contributed by atoms with E-state index in [1.165, 1.54) is 17.6 Å².